The topological polar surface area (TPSA) is 135 Å². The van der Waals surface area contributed by atoms with Crippen LogP contribution in [0.3, 0.4) is 0 Å². The van der Waals surface area contributed by atoms with Crippen molar-refractivity contribution in [3.05, 3.63) is 12.2 Å². The highest BCUT2D eigenvalue weighted by Gasteiger charge is 2.33. The van der Waals surface area contributed by atoms with Crippen molar-refractivity contribution in [1.82, 2.24) is 10.6 Å². The molecule has 32 heavy (non-hydrogen) atoms. The highest BCUT2D eigenvalue weighted by Crippen LogP contribution is 2.22. The number of urea groups is 1. The van der Waals surface area contributed by atoms with Crippen LogP contribution in [0.2, 0.25) is 0 Å². The van der Waals surface area contributed by atoms with Gasteiger partial charge in [-0.1, -0.05) is 57.1 Å². The number of hydrogen-bond donors (Lipinski definition) is 3. The van der Waals surface area contributed by atoms with Gasteiger partial charge in [-0.05, 0) is 24.3 Å². The van der Waals surface area contributed by atoms with Crippen molar-refractivity contribution in [2.24, 2.45) is 23.0 Å². The first kappa shape index (κ1) is 30.0. The smallest absolute Gasteiger partial charge is 0.312 e. The summed E-state index contributed by atoms with van der Waals surface area (Å²) in [4.78, 5) is 61.0. The number of halogens is 1. The maximum absolute atomic E-state index is 13.0. The van der Waals surface area contributed by atoms with Crippen molar-refractivity contribution in [2.75, 3.05) is 11.9 Å². The lowest BCUT2D eigenvalue weighted by molar-refractivity contribution is -0.136. The molecule has 0 aromatic heterocycles. The van der Waals surface area contributed by atoms with Gasteiger partial charge in [0.1, 0.15) is 5.78 Å². The van der Waals surface area contributed by atoms with Crippen molar-refractivity contribution in [3.63, 3.8) is 0 Å². The van der Waals surface area contributed by atoms with Gasteiger partial charge in [-0.2, -0.15) is 0 Å². The van der Waals surface area contributed by atoms with Crippen molar-refractivity contribution in [1.29, 1.82) is 0 Å². The molecule has 0 spiro atoms. The Morgan fingerprint density at radius 1 is 1.06 bits per heavy atom. The molecule has 0 saturated carbocycles. The largest absolute Gasteiger partial charge is 0.352 e. The van der Waals surface area contributed by atoms with E-state index in [1.807, 2.05) is 13.8 Å². The second kappa shape index (κ2) is 14.2. The fraction of sp³-hybridized carbons (Fsp3) is 0.696. The number of Topliss-reactive ketones (excluding diaryl/α,β-unsaturated/α-hetero) is 3. The number of rotatable bonds is 15. The van der Waals surface area contributed by atoms with Gasteiger partial charge in [0, 0.05) is 42.5 Å². The van der Waals surface area contributed by atoms with Crippen molar-refractivity contribution in [2.45, 2.75) is 72.8 Å². The Morgan fingerprint density at radius 2 is 1.66 bits per heavy atom. The van der Waals surface area contributed by atoms with E-state index in [1.165, 1.54) is 0 Å². The van der Waals surface area contributed by atoms with Crippen LogP contribution in [-0.4, -0.2) is 47.2 Å². The zero-order valence-electron chi connectivity index (χ0n) is 19.9. The fourth-order valence-electron chi connectivity index (χ4n) is 3.07. The van der Waals surface area contributed by atoms with Gasteiger partial charge in [-0.15, -0.1) is 0 Å². The Kier molecular flexibility index (Phi) is 13.3. The standard InChI is InChI=1S/C23H38BrN3O5/c1-14(2)17(12-16(28)9-10-19(29)15(3)13-24)21(31)27-18(20(30)23(4,5)6)8-7-11-26-22(25)32/h14,17-18H,3,7-13H2,1-2,4-6H3,(H,27,31)(H3,25,26,32)/t17-,18-/m0/s1. The Bertz CT molecular complexity index is 713. The third kappa shape index (κ3) is 11.5. The highest BCUT2D eigenvalue weighted by atomic mass is 79.9. The van der Waals surface area contributed by atoms with Crippen LogP contribution in [0, 0.1) is 17.3 Å². The van der Waals surface area contributed by atoms with E-state index in [4.69, 9.17) is 5.73 Å². The Morgan fingerprint density at radius 3 is 2.12 bits per heavy atom. The van der Waals surface area contributed by atoms with Crippen LogP contribution in [-0.2, 0) is 19.2 Å². The zero-order valence-corrected chi connectivity index (χ0v) is 21.5. The van der Waals surface area contributed by atoms with Crippen LogP contribution in [0.15, 0.2) is 12.2 Å². The molecule has 2 atom stereocenters. The fourth-order valence-corrected chi connectivity index (χ4v) is 3.38. The molecule has 0 aromatic rings. The van der Waals surface area contributed by atoms with E-state index in [0.717, 1.165) is 0 Å². The number of primary amides is 1. The van der Waals surface area contributed by atoms with Crippen LogP contribution < -0.4 is 16.4 Å². The number of hydrogen-bond acceptors (Lipinski definition) is 5. The maximum atomic E-state index is 13.0. The molecule has 182 valence electrons. The molecule has 9 heteroatoms. The molecule has 0 aliphatic rings. The molecule has 0 unspecified atom stereocenters. The molecule has 0 radical (unpaired) electrons. The zero-order chi connectivity index (χ0) is 25.1. The van der Waals surface area contributed by atoms with Gasteiger partial charge in [0.2, 0.25) is 5.91 Å². The summed E-state index contributed by atoms with van der Waals surface area (Å²) in [6.45, 7) is 12.9. The molecule has 3 amide bonds. The number of amides is 3. The van der Waals surface area contributed by atoms with Crippen LogP contribution in [0.4, 0.5) is 4.79 Å². The summed E-state index contributed by atoms with van der Waals surface area (Å²) in [5, 5.41) is 5.64. The van der Waals surface area contributed by atoms with E-state index >= 15 is 0 Å². The van der Waals surface area contributed by atoms with E-state index in [0.29, 0.717) is 30.3 Å². The van der Waals surface area contributed by atoms with E-state index in [1.54, 1.807) is 20.8 Å². The second-order valence-corrected chi connectivity index (χ2v) is 9.92. The van der Waals surface area contributed by atoms with Crippen LogP contribution in [0.25, 0.3) is 0 Å². The molecule has 8 nitrogen and oxygen atoms in total. The third-order valence-electron chi connectivity index (χ3n) is 5.12. The molecular formula is C23H38BrN3O5. The highest BCUT2D eigenvalue weighted by molar-refractivity contribution is 9.09. The normalized spacial score (nSPS) is 13.2. The van der Waals surface area contributed by atoms with E-state index in [2.05, 4.69) is 33.1 Å². The number of alkyl halides is 1. The van der Waals surface area contributed by atoms with Gasteiger partial charge >= 0.3 is 6.03 Å². The molecule has 0 rings (SSSR count). The first-order valence-corrected chi connectivity index (χ1v) is 12.0. The minimum absolute atomic E-state index is 0.00275. The van der Waals surface area contributed by atoms with Gasteiger partial charge in [-0.3, -0.25) is 19.2 Å². The quantitative estimate of drug-likeness (QED) is 0.175. The van der Waals surface area contributed by atoms with Gasteiger partial charge in [0.05, 0.1) is 6.04 Å². The van der Waals surface area contributed by atoms with Crippen LogP contribution >= 0.6 is 15.9 Å². The lowest BCUT2D eigenvalue weighted by Crippen LogP contribution is -2.48. The molecular weight excluding hydrogens is 478 g/mol. The van der Waals surface area contributed by atoms with Crippen LogP contribution in [0.1, 0.15) is 66.7 Å². The summed E-state index contributed by atoms with van der Waals surface area (Å²) >= 11 is 3.17. The molecule has 4 N–H and O–H groups in total. The Hall–Kier alpha value is -2.03. The summed E-state index contributed by atoms with van der Waals surface area (Å²) in [6, 6.07) is -1.39. The SMILES string of the molecule is C=C(CBr)C(=O)CCC(=O)C[C@H](C(=O)N[C@@H](CCCNC(N)=O)C(=O)C(C)(C)C)C(C)C. The Balaban J connectivity index is 5.16. The number of allylic oxidation sites excluding steroid dienone is 1. The number of ketones is 3. The predicted molar refractivity (Wildman–Crippen MR) is 128 cm³/mol. The molecule has 0 saturated heterocycles. The molecule has 0 aliphatic carbocycles. The number of nitrogens with two attached hydrogens (primary N) is 1. The summed E-state index contributed by atoms with van der Waals surface area (Å²) in [7, 11) is 0. The van der Waals surface area contributed by atoms with Gasteiger partial charge in [0.25, 0.3) is 0 Å². The summed E-state index contributed by atoms with van der Waals surface area (Å²) in [5.41, 5.74) is 4.80. The summed E-state index contributed by atoms with van der Waals surface area (Å²) in [5.74, 6) is -1.60. The van der Waals surface area contributed by atoms with Gasteiger partial charge in [0.15, 0.2) is 11.6 Å². The molecule has 0 fully saturated rings. The monoisotopic (exact) mass is 515 g/mol. The lowest BCUT2D eigenvalue weighted by Gasteiger charge is -2.28. The second-order valence-electron chi connectivity index (χ2n) is 9.36. The number of carbonyl (C=O) groups is 5. The lowest BCUT2D eigenvalue weighted by atomic mass is 9.83. The van der Waals surface area contributed by atoms with Crippen molar-refractivity contribution in [3.8, 4) is 0 Å². The third-order valence-corrected chi connectivity index (χ3v) is 5.79. The summed E-state index contributed by atoms with van der Waals surface area (Å²) in [6.07, 6.45) is 0.903. The van der Waals surface area contributed by atoms with Gasteiger partial charge < -0.3 is 16.4 Å². The molecule has 0 aliphatic heterocycles. The minimum atomic E-state index is -0.739. The van der Waals surface area contributed by atoms with Crippen molar-refractivity contribution < 1.29 is 24.0 Å². The van der Waals surface area contributed by atoms with Crippen molar-refractivity contribution >= 4 is 45.2 Å². The van der Waals surface area contributed by atoms with Gasteiger partial charge in [-0.25, -0.2) is 4.79 Å². The first-order chi connectivity index (χ1) is 14.7. The molecule has 0 aromatic carbocycles. The van der Waals surface area contributed by atoms with E-state index in [-0.39, 0.29) is 48.4 Å². The van der Waals surface area contributed by atoms with E-state index < -0.39 is 23.4 Å². The number of carbonyl (C=O) groups excluding carboxylic acids is 5. The number of nitrogens with one attached hydrogen (secondary N) is 2. The van der Waals surface area contributed by atoms with E-state index in [9.17, 15) is 24.0 Å². The molecule has 0 bridgehead atoms. The first-order valence-electron chi connectivity index (χ1n) is 10.9. The molecule has 0 heterocycles. The average molecular weight is 516 g/mol. The van der Waals surface area contributed by atoms with Crippen LogP contribution in [0.5, 0.6) is 0 Å². The average Bonchev–Trinajstić information content (AvgIpc) is 2.69. The minimum Gasteiger partial charge on any atom is -0.352 e. The maximum Gasteiger partial charge on any atom is 0.312 e. The summed E-state index contributed by atoms with van der Waals surface area (Å²) < 4.78 is 0. The Labute approximate surface area is 199 Å². The predicted octanol–water partition coefficient (Wildman–Crippen LogP) is 3.07.